The summed E-state index contributed by atoms with van der Waals surface area (Å²) in [6, 6.07) is 0.677. The molecule has 0 unspecified atom stereocenters. The van der Waals surface area contributed by atoms with Gasteiger partial charge in [0.25, 0.3) is 11.7 Å². The maximum atomic E-state index is 13.1. The summed E-state index contributed by atoms with van der Waals surface area (Å²) in [5.74, 6) is -7.16. The van der Waals surface area contributed by atoms with Crippen molar-refractivity contribution in [1.82, 2.24) is 10.1 Å². The van der Waals surface area contributed by atoms with Crippen molar-refractivity contribution in [2.24, 2.45) is 0 Å². The van der Waals surface area contributed by atoms with Gasteiger partial charge in [-0.2, -0.15) is 18.2 Å². The van der Waals surface area contributed by atoms with Gasteiger partial charge in [0, 0.05) is 0 Å². The maximum Gasteiger partial charge on any atom is 0.455 e. The first-order chi connectivity index (χ1) is 9.20. The van der Waals surface area contributed by atoms with Crippen LogP contribution in [0.4, 0.5) is 22.0 Å². The normalized spacial score (nSPS) is 11.7. The van der Waals surface area contributed by atoms with Crippen LogP contribution in [-0.4, -0.2) is 21.2 Å². The van der Waals surface area contributed by atoms with Crippen molar-refractivity contribution in [1.29, 1.82) is 0 Å². The lowest BCUT2D eigenvalue weighted by molar-refractivity contribution is -0.146. The molecule has 10 heteroatoms. The van der Waals surface area contributed by atoms with Crippen molar-refractivity contribution < 1.29 is 36.4 Å². The van der Waals surface area contributed by atoms with Crippen molar-refractivity contribution in [2.75, 3.05) is 0 Å². The molecule has 1 N–H and O–H groups in total. The molecule has 1 aromatic heterocycles. The van der Waals surface area contributed by atoms with E-state index in [0.717, 1.165) is 0 Å². The Balaban J connectivity index is 2.60. The first-order valence-electron chi connectivity index (χ1n) is 4.83. The molecule has 0 radical (unpaired) electrons. The minimum atomic E-state index is -4.91. The van der Waals surface area contributed by atoms with Crippen LogP contribution in [0.15, 0.2) is 16.7 Å². The van der Waals surface area contributed by atoms with Crippen molar-refractivity contribution in [3.8, 4) is 11.5 Å². The van der Waals surface area contributed by atoms with E-state index in [4.69, 9.17) is 5.11 Å². The Labute approximate surface area is 106 Å². The number of halogens is 5. The fraction of sp³-hybridized carbons (Fsp3) is 0.100. The number of nitrogens with zero attached hydrogens (tertiary/aromatic N) is 2. The minimum Gasteiger partial charge on any atom is -0.478 e. The molecule has 2 aromatic rings. The molecule has 0 atom stereocenters. The predicted molar refractivity (Wildman–Crippen MR) is 51.6 cm³/mol. The average molecular weight is 294 g/mol. The summed E-state index contributed by atoms with van der Waals surface area (Å²) in [5.41, 5.74) is -1.46. The van der Waals surface area contributed by atoms with Crippen molar-refractivity contribution >= 4 is 5.97 Å². The van der Waals surface area contributed by atoms with E-state index in [1.54, 1.807) is 0 Å². The van der Waals surface area contributed by atoms with Gasteiger partial charge in [-0.25, -0.2) is 13.6 Å². The molecule has 0 saturated carbocycles. The molecule has 0 aliphatic heterocycles. The van der Waals surface area contributed by atoms with E-state index < -0.39 is 46.6 Å². The van der Waals surface area contributed by atoms with Gasteiger partial charge in [0.15, 0.2) is 11.6 Å². The average Bonchev–Trinajstić information content (AvgIpc) is 2.80. The molecule has 1 heterocycles. The molecule has 0 aliphatic carbocycles. The van der Waals surface area contributed by atoms with Crippen LogP contribution in [0, 0.1) is 11.6 Å². The lowest BCUT2D eigenvalue weighted by Crippen LogP contribution is -2.07. The monoisotopic (exact) mass is 294 g/mol. The van der Waals surface area contributed by atoms with E-state index in [1.807, 2.05) is 0 Å². The smallest absolute Gasteiger partial charge is 0.455 e. The van der Waals surface area contributed by atoms with Crippen LogP contribution in [0.1, 0.15) is 16.2 Å². The fourth-order valence-electron chi connectivity index (χ4n) is 1.35. The van der Waals surface area contributed by atoms with E-state index in [0.29, 0.717) is 12.1 Å². The Bertz CT molecular complexity index is 680. The molecule has 0 aliphatic rings. The molecule has 5 nitrogen and oxygen atoms in total. The molecular weight excluding hydrogens is 291 g/mol. The van der Waals surface area contributed by atoms with Crippen LogP contribution in [0.3, 0.4) is 0 Å². The van der Waals surface area contributed by atoms with E-state index in [9.17, 15) is 26.7 Å². The number of hydrogen-bond donors (Lipinski definition) is 1. The highest BCUT2D eigenvalue weighted by molar-refractivity contribution is 5.94. The Morgan fingerprint density at radius 3 is 2.30 bits per heavy atom. The SMILES string of the molecule is O=C(O)c1cc(F)c(F)cc1-c1nc(C(F)(F)F)no1. The van der Waals surface area contributed by atoms with Gasteiger partial charge in [0.05, 0.1) is 11.1 Å². The second-order valence-corrected chi connectivity index (χ2v) is 3.54. The van der Waals surface area contributed by atoms with Crippen molar-refractivity contribution in [2.45, 2.75) is 6.18 Å². The standard InChI is InChI=1S/C10H3F5N2O3/c11-5-1-3(4(8(18)19)2-6(5)12)7-16-9(17-20-7)10(13,14)15/h1-2H,(H,18,19). The number of aromatic carboxylic acids is 1. The summed E-state index contributed by atoms with van der Waals surface area (Å²) < 4.78 is 67.1. The highest BCUT2D eigenvalue weighted by Crippen LogP contribution is 2.30. The van der Waals surface area contributed by atoms with Crippen LogP contribution in [0.2, 0.25) is 0 Å². The molecule has 20 heavy (non-hydrogen) atoms. The van der Waals surface area contributed by atoms with Gasteiger partial charge in [-0.3, -0.25) is 0 Å². The highest BCUT2D eigenvalue weighted by atomic mass is 19.4. The fourth-order valence-corrected chi connectivity index (χ4v) is 1.35. The predicted octanol–water partition coefficient (Wildman–Crippen LogP) is 2.73. The van der Waals surface area contributed by atoms with Gasteiger partial charge in [-0.15, -0.1) is 0 Å². The number of carbonyl (C=O) groups is 1. The van der Waals surface area contributed by atoms with Gasteiger partial charge in [-0.1, -0.05) is 5.16 Å². The topological polar surface area (TPSA) is 76.2 Å². The molecule has 106 valence electrons. The number of carboxylic acids is 1. The summed E-state index contributed by atoms with van der Waals surface area (Å²) in [7, 11) is 0. The first kappa shape index (κ1) is 13.9. The third-order valence-corrected chi connectivity index (χ3v) is 2.20. The number of hydrogen-bond acceptors (Lipinski definition) is 4. The summed E-state index contributed by atoms with van der Waals surface area (Å²) in [6.45, 7) is 0. The zero-order chi connectivity index (χ0) is 15.1. The van der Waals surface area contributed by atoms with E-state index in [1.165, 1.54) is 0 Å². The van der Waals surface area contributed by atoms with E-state index in [-0.39, 0.29) is 0 Å². The van der Waals surface area contributed by atoms with Crippen LogP contribution in [-0.2, 0) is 6.18 Å². The summed E-state index contributed by atoms with van der Waals surface area (Å²) in [5, 5.41) is 11.4. The Kier molecular flexibility index (Phi) is 3.16. The summed E-state index contributed by atoms with van der Waals surface area (Å²) in [4.78, 5) is 13.8. The second-order valence-electron chi connectivity index (χ2n) is 3.54. The Hall–Kier alpha value is -2.52. The van der Waals surface area contributed by atoms with Crippen LogP contribution in [0.25, 0.3) is 11.5 Å². The van der Waals surface area contributed by atoms with Gasteiger partial charge in [-0.05, 0) is 12.1 Å². The van der Waals surface area contributed by atoms with Crippen LogP contribution >= 0.6 is 0 Å². The minimum absolute atomic E-state index is 0.310. The zero-order valence-corrected chi connectivity index (χ0v) is 9.20. The van der Waals surface area contributed by atoms with E-state index in [2.05, 4.69) is 14.7 Å². The quantitative estimate of drug-likeness (QED) is 0.862. The maximum absolute atomic E-state index is 13.1. The number of carboxylic acid groups (broad SMARTS) is 1. The summed E-state index contributed by atoms with van der Waals surface area (Å²) in [6.07, 6.45) is -4.91. The Morgan fingerprint density at radius 2 is 1.80 bits per heavy atom. The van der Waals surface area contributed by atoms with Crippen molar-refractivity contribution in [3.05, 3.63) is 35.2 Å². The molecule has 0 fully saturated rings. The lowest BCUT2D eigenvalue weighted by Gasteiger charge is -2.02. The van der Waals surface area contributed by atoms with Crippen molar-refractivity contribution in [3.63, 3.8) is 0 Å². The third-order valence-electron chi connectivity index (χ3n) is 2.20. The van der Waals surface area contributed by atoms with Gasteiger partial charge in [0.2, 0.25) is 0 Å². The van der Waals surface area contributed by atoms with Gasteiger partial charge >= 0.3 is 12.1 Å². The lowest BCUT2D eigenvalue weighted by atomic mass is 10.1. The van der Waals surface area contributed by atoms with Crippen LogP contribution in [0.5, 0.6) is 0 Å². The van der Waals surface area contributed by atoms with Gasteiger partial charge < -0.3 is 9.63 Å². The van der Waals surface area contributed by atoms with E-state index >= 15 is 0 Å². The molecule has 1 aromatic carbocycles. The largest absolute Gasteiger partial charge is 0.478 e. The molecule has 0 bridgehead atoms. The Morgan fingerprint density at radius 1 is 1.20 bits per heavy atom. The van der Waals surface area contributed by atoms with Gasteiger partial charge in [0.1, 0.15) is 0 Å². The van der Waals surface area contributed by atoms with Crippen LogP contribution < -0.4 is 0 Å². The zero-order valence-electron chi connectivity index (χ0n) is 9.20. The molecular formula is C10H3F5N2O3. The molecule has 0 amide bonds. The number of benzene rings is 1. The number of aromatic nitrogens is 2. The number of alkyl halides is 3. The second kappa shape index (κ2) is 4.54. The molecule has 0 saturated heterocycles. The first-order valence-corrected chi connectivity index (χ1v) is 4.83. The molecule has 0 spiro atoms. The third kappa shape index (κ3) is 2.44. The summed E-state index contributed by atoms with van der Waals surface area (Å²) >= 11 is 0. The molecule has 2 rings (SSSR count). The number of rotatable bonds is 2. The highest BCUT2D eigenvalue weighted by Gasteiger charge is 2.37.